The summed E-state index contributed by atoms with van der Waals surface area (Å²) in [6.45, 7) is 6.68. The maximum absolute atomic E-state index is 12.7. The van der Waals surface area contributed by atoms with E-state index in [2.05, 4.69) is 24.3 Å². The van der Waals surface area contributed by atoms with E-state index >= 15 is 0 Å². The van der Waals surface area contributed by atoms with Crippen LogP contribution in [0.1, 0.15) is 56.6 Å². The normalized spacial score (nSPS) is 22.3. The Morgan fingerprint density at radius 1 is 1.19 bits per heavy atom. The Hall–Kier alpha value is -1.40. The van der Waals surface area contributed by atoms with Crippen LogP contribution in [0.25, 0.3) is 0 Å². The molecule has 6 heteroatoms. The highest BCUT2D eigenvalue weighted by molar-refractivity contribution is 7.88. The van der Waals surface area contributed by atoms with Crippen molar-refractivity contribution in [2.24, 2.45) is 0 Å². The summed E-state index contributed by atoms with van der Waals surface area (Å²) in [4.78, 5) is 14.6. The highest BCUT2D eigenvalue weighted by atomic mass is 32.2. The summed E-state index contributed by atoms with van der Waals surface area (Å²) in [7, 11) is -3.13. The van der Waals surface area contributed by atoms with E-state index in [1.54, 1.807) is 4.31 Å². The van der Waals surface area contributed by atoms with Gasteiger partial charge in [0.05, 0.1) is 6.26 Å². The van der Waals surface area contributed by atoms with Gasteiger partial charge in [-0.15, -0.1) is 0 Å². The number of fused-ring (bicyclic) bond motifs is 2. The minimum Gasteiger partial charge on any atom is -0.343 e. The van der Waals surface area contributed by atoms with Crippen molar-refractivity contribution in [3.8, 4) is 0 Å². The Morgan fingerprint density at radius 3 is 2.38 bits per heavy atom. The monoisotopic (exact) mass is 378 g/mol. The van der Waals surface area contributed by atoms with Crippen LogP contribution in [0.15, 0.2) is 24.3 Å². The van der Waals surface area contributed by atoms with Crippen molar-refractivity contribution in [2.75, 3.05) is 32.4 Å². The number of sulfonamides is 1. The third kappa shape index (κ3) is 3.54. The fourth-order valence-corrected chi connectivity index (χ4v) is 5.69. The van der Waals surface area contributed by atoms with Crippen LogP contribution in [-0.2, 0) is 20.2 Å². The first-order valence-electron chi connectivity index (χ1n) is 9.63. The Labute approximate surface area is 157 Å². The lowest BCUT2D eigenvalue weighted by Crippen LogP contribution is -2.44. The molecule has 0 aromatic heterocycles. The summed E-state index contributed by atoms with van der Waals surface area (Å²) < 4.78 is 25.3. The zero-order valence-electron chi connectivity index (χ0n) is 16.1. The number of hydrogen-bond acceptors (Lipinski definition) is 3. The Bertz CT molecular complexity index is 763. The standard InChI is InChI=1S/C20H30N2O3S/c1-4-21(5-2)19(23)14-16-15-20(18-9-7-6-8-17(16)18)10-12-22(13-11-20)26(3,24)25/h6-9,16H,4-5,10-15H2,1-3H3/t16-/m1/s1. The molecule has 144 valence electrons. The van der Waals surface area contributed by atoms with Crippen LogP contribution in [-0.4, -0.2) is 56.0 Å². The molecule has 0 N–H and O–H groups in total. The van der Waals surface area contributed by atoms with Crippen molar-refractivity contribution in [3.63, 3.8) is 0 Å². The van der Waals surface area contributed by atoms with E-state index in [0.29, 0.717) is 19.5 Å². The van der Waals surface area contributed by atoms with Crippen molar-refractivity contribution in [3.05, 3.63) is 35.4 Å². The Morgan fingerprint density at radius 2 is 1.81 bits per heavy atom. The van der Waals surface area contributed by atoms with E-state index in [-0.39, 0.29) is 17.2 Å². The molecule has 1 aliphatic heterocycles. The van der Waals surface area contributed by atoms with Gasteiger partial charge in [0.15, 0.2) is 0 Å². The van der Waals surface area contributed by atoms with Gasteiger partial charge in [-0.3, -0.25) is 4.79 Å². The predicted molar refractivity (Wildman–Crippen MR) is 104 cm³/mol. The zero-order valence-corrected chi connectivity index (χ0v) is 16.9. The van der Waals surface area contributed by atoms with Gasteiger partial charge in [-0.1, -0.05) is 24.3 Å². The summed E-state index contributed by atoms with van der Waals surface area (Å²) in [5.41, 5.74) is 2.65. The molecule has 5 nitrogen and oxygen atoms in total. The number of carbonyl (C=O) groups is 1. The molecular weight excluding hydrogens is 348 g/mol. The molecule has 1 atom stereocenters. The Balaban J connectivity index is 1.82. The average molecular weight is 379 g/mol. The van der Waals surface area contributed by atoms with Crippen LogP contribution in [0.5, 0.6) is 0 Å². The number of rotatable bonds is 5. The van der Waals surface area contributed by atoms with E-state index in [4.69, 9.17) is 0 Å². The second-order valence-corrected chi connectivity index (χ2v) is 9.68. The maximum Gasteiger partial charge on any atom is 0.223 e. The molecule has 1 aromatic carbocycles. The van der Waals surface area contributed by atoms with E-state index in [0.717, 1.165) is 32.4 Å². The van der Waals surface area contributed by atoms with Crippen LogP contribution < -0.4 is 0 Å². The lowest BCUT2D eigenvalue weighted by atomic mass is 9.73. The maximum atomic E-state index is 12.7. The molecule has 1 heterocycles. The molecule has 0 unspecified atom stereocenters. The molecular formula is C20H30N2O3S. The van der Waals surface area contributed by atoms with E-state index in [1.807, 2.05) is 18.7 Å². The van der Waals surface area contributed by atoms with Gasteiger partial charge in [-0.05, 0) is 55.6 Å². The Kier molecular flexibility index (Phi) is 5.45. The third-order valence-electron chi connectivity index (χ3n) is 6.29. The van der Waals surface area contributed by atoms with E-state index in [9.17, 15) is 13.2 Å². The van der Waals surface area contributed by atoms with Gasteiger partial charge in [-0.2, -0.15) is 0 Å². The van der Waals surface area contributed by atoms with Crippen molar-refractivity contribution in [1.29, 1.82) is 0 Å². The van der Waals surface area contributed by atoms with Crippen LogP contribution in [0.4, 0.5) is 0 Å². The van der Waals surface area contributed by atoms with Crippen LogP contribution in [0, 0.1) is 0 Å². The second kappa shape index (κ2) is 7.31. The number of carbonyl (C=O) groups excluding carboxylic acids is 1. The van der Waals surface area contributed by atoms with Crippen LogP contribution in [0.3, 0.4) is 0 Å². The number of piperidine rings is 1. The molecule has 1 saturated heterocycles. The van der Waals surface area contributed by atoms with Crippen molar-refractivity contribution >= 4 is 15.9 Å². The molecule has 1 spiro atoms. The minimum atomic E-state index is -3.13. The van der Waals surface area contributed by atoms with E-state index in [1.165, 1.54) is 17.4 Å². The molecule has 1 amide bonds. The zero-order chi connectivity index (χ0) is 18.9. The molecule has 26 heavy (non-hydrogen) atoms. The highest BCUT2D eigenvalue weighted by Gasteiger charge is 2.46. The molecule has 1 aliphatic carbocycles. The van der Waals surface area contributed by atoms with Gasteiger partial charge in [0.1, 0.15) is 0 Å². The minimum absolute atomic E-state index is 0.0198. The van der Waals surface area contributed by atoms with Crippen molar-refractivity contribution < 1.29 is 13.2 Å². The second-order valence-electron chi connectivity index (χ2n) is 7.70. The largest absolute Gasteiger partial charge is 0.343 e. The predicted octanol–water partition coefficient (Wildman–Crippen LogP) is 2.73. The number of hydrogen-bond donors (Lipinski definition) is 0. The molecule has 0 bridgehead atoms. The number of amides is 1. The summed E-state index contributed by atoms with van der Waals surface area (Å²) in [6.07, 6.45) is 4.48. The molecule has 1 aromatic rings. The lowest BCUT2D eigenvalue weighted by molar-refractivity contribution is -0.131. The van der Waals surface area contributed by atoms with Crippen LogP contribution >= 0.6 is 0 Å². The summed E-state index contributed by atoms with van der Waals surface area (Å²) in [5.74, 6) is 0.463. The molecule has 1 fully saturated rings. The van der Waals surface area contributed by atoms with Gasteiger partial charge in [0.25, 0.3) is 0 Å². The molecule has 3 rings (SSSR count). The highest BCUT2D eigenvalue weighted by Crippen LogP contribution is 2.52. The van der Waals surface area contributed by atoms with Gasteiger partial charge in [0.2, 0.25) is 15.9 Å². The van der Waals surface area contributed by atoms with Crippen molar-refractivity contribution in [2.45, 2.75) is 50.9 Å². The quantitative estimate of drug-likeness (QED) is 0.792. The van der Waals surface area contributed by atoms with Gasteiger partial charge in [0, 0.05) is 32.6 Å². The first-order valence-corrected chi connectivity index (χ1v) is 11.5. The van der Waals surface area contributed by atoms with E-state index < -0.39 is 10.0 Å². The molecule has 0 saturated carbocycles. The van der Waals surface area contributed by atoms with Crippen LogP contribution in [0.2, 0.25) is 0 Å². The lowest BCUT2D eigenvalue weighted by Gasteiger charge is -2.39. The summed E-state index contributed by atoms with van der Waals surface area (Å²) in [6, 6.07) is 8.47. The summed E-state index contributed by atoms with van der Waals surface area (Å²) >= 11 is 0. The number of benzene rings is 1. The van der Waals surface area contributed by atoms with Gasteiger partial charge >= 0.3 is 0 Å². The molecule has 0 radical (unpaired) electrons. The smallest absolute Gasteiger partial charge is 0.223 e. The first-order chi connectivity index (χ1) is 12.3. The van der Waals surface area contributed by atoms with Gasteiger partial charge in [-0.25, -0.2) is 12.7 Å². The summed E-state index contributed by atoms with van der Waals surface area (Å²) in [5, 5.41) is 0. The number of nitrogens with zero attached hydrogens (tertiary/aromatic N) is 2. The SMILES string of the molecule is CCN(CC)C(=O)C[C@@H]1CC2(CCN(S(C)(=O)=O)CC2)c2ccccc21. The molecule has 2 aliphatic rings. The van der Waals surface area contributed by atoms with Gasteiger partial charge < -0.3 is 4.90 Å². The van der Waals surface area contributed by atoms with Crippen molar-refractivity contribution in [1.82, 2.24) is 9.21 Å². The third-order valence-corrected chi connectivity index (χ3v) is 7.60. The average Bonchev–Trinajstić information content (AvgIpc) is 2.89. The topological polar surface area (TPSA) is 57.7 Å². The fourth-order valence-electron chi connectivity index (χ4n) is 4.85. The first kappa shape index (κ1) is 19.4. The fraction of sp³-hybridized carbons (Fsp3) is 0.650.